The Morgan fingerprint density at radius 1 is 1.06 bits per heavy atom. The maximum absolute atomic E-state index is 12.4. The average molecular weight is 405 g/mol. The van der Waals surface area contributed by atoms with Crippen LogP contribution in [-0.4, -0.2) is 26.4 Å². The number of aromatic amines is 1. The van der Waals surface area contributed by atoms with Crippen molar-refractivity contribution in [3.05, 3.63) is 83.8 Å². The van der Waals surface area contributed by atoms with Gasteiger partial charge in [0.05, 0.1) is 17.5 Å². The van der Waals surface area contributed by atoms with Crippen LogP contribution in [0, 0.1) is 23.2 Å². The minimum Gasteiger partial charge on any atom is -0.333 e. The largest absolute Gasteiger partial charge is 0.333 e. The summed E-state index contributed by atoms with van der Waals surface area (Å²) >= 11 is 0. The summed E-state index contributed by atoms with van der Waals surface area (Å²) in [5.41, 5.74) is 3.10. The maximum Gasteiger partial charge on any atom is 0.271 e. The van der Waals surface area contributed by atoms with E-state index in [2.05, 4.69) is 32.1 Å². The zero-order valence-electron chi connectivity index (χ0n) is 17.1. The fraction of sp³-hybridized carbons (Fsp3) is 0.120. The van der Waals surface area contributed by atoms with Crippen molar-refractivity contribution in [2.24, 2.45) is 0 Å². The summed E-state index contributed by atoms with van der Waals surface area (Å²) < 4.78 is 0. The van der Waals surface area contributed by atoms with E-state index in [1.54, 1.807) is 32.2 Å². The van der Waals surface area contributed by atoms with Crippen LogP contribution in [-0.2, 0) is 0 Å². The summed E-state index contributed by atoms with van der Waals surface area (Å²) in [6.45, 7) is 3.27. The summed E-state index contributed by atoms with van der Waals surface area (Å²) in [5, 5.41) is 12.7. The fourth-order valence-electron chi connectivity index (χ4n) is 2.98. The van der Waals surface area contributed by atoms with E-state index in [1.165, 1.54) is 0 Å². The Labute approximate surface area is 180 Å². The second-order valence-corrected chi connectivity index (χ2v) is 7.56. The van der Waals surface area contributed by atoms with Gasteiger partial charge >= 0.3 is 0 Å². The number of nitrogens with one attached hydrogen (secondary N) is 2. The molecular formula is C25H19N5O. The van der Waals surface area contributed by atoms with Gasteiger partial charge in [0.1, 0.15) is 16.9 Å². The third kappa shape index (κ3) is 4.60. The van der Waals surface area contributed by atoms with Crippen molar-refractivity contribution in [3.63, 3.8) is 0 Å². The van der Waals surface area contributed by atoms with Crippen molar-refractivity contribution >= 4 is 16.9 Å². The Bertz CT molecular complexity index is 1370. The highest BCUT2D eigenvalue weighted by Crippen LogP contribution is 2.22. The van der Waals surface area contributed by atoms with E-state index in [1.807, 2.05) is 54.6 Å². The summed E-state index contributed by atoms with van der Waals surface area (Å²) in [5.74, 6) is 5.84. The van der Waals surface area contributed by atoms with Crippen molar-refractivity contribution in [3.8, 4) is 29.2 Å². The number of hydrogen-bond acceptors (Lipinski definition) is 4. The summed E-state index contributed by atoms with van der Waals surface area (Å²) in [6.07, 6.45) is 1.70. The molecule has 0 bridgehead atoms. The lowest BCUT2D eigenvalue weighted by Crippen LogP contribution is -2.42. The molecule has 0 saturated heterocycles. The second kappa shape index (κ2) is 8.14. The molecule has 0 aliphatic carbocycles. The molecule has 0 aliphatic heterocycles. The third-order valence-corrected chi connectivity index (χ3v) is 4.57. The van der Waals surface area contributed by atoms with Crippen molar-refractivity contribution in [1.82, 2.24) is 20.3 Å². The van der Waals surface area contributed by atoms with Crippen LogP contribution in [0.5, 0.6) is 0 Å². The van der Waals surface area contributed by atoms with E-state index < -0.39 is 11.4 Å². The predicted molar refractivity (Wildman–Crippen MR) is 119 cm³/mol. The highest BCUT2D eigenvalue weighted by molar-refractivity contribution is 5.93. The molecule has 3 heterocycles. The van der Waals surface area contributed by atoms with Gasteiger partial charge < -0.3 is 10.3 Å². The van der Waals surface area contributed by atoms with Crippen LogP contribution in [0.25, 0.3) is 22.3 Å². The molecule has 31 heavy (non-hydrogen) atoms. The van der Waals surface area contributed by atoms with Crippen molar-refractivity contribution in [2.45, 2.75) is 19.4 Å². The minimum atomic E-state index is -0.975. The number of fused-ring (bicyclic) bond motifs is 1. The number of H-pyrrole nitrogens is 1. The number of amides is 1. The van der Waals surface area contributed by atoms with Gasteiger partial charge in [0, 0.05) is 22.7 Å². The van der Waals surface area contributed by atoms with Crippen LogP contribution in [0.3, 0.4) is 0 Å². The Morgan fingerprint density at radius 2 is 1.87 bits per heavy atom. The second-order valence-electron chi connectivity index (χ2n) is 7.56. The van der Waals surface area contributed by atoms with Crippen molar-refractivity contribution in [1.29, 1.82) is 5.26 Å². The molecule has 0 radical (unpaired) electrons. The Hall–Kier alpha value is -4.42. The minimum absolute atomic E-state index is 0.240. The molecule has 1 aromatic carbocycles. The molecule has 4 aromatic rings. The van der Waals surface area contributed by atoms with Crippen LogP contribution >= 0.6 is 0 Å². The molecule has 0 fully saturated rings. The zero-order chi connectivity index (χ0) is 21.8. The molecular weight excluding hydrogens is 386 g/mol. The van der Waals surface area contributed by atoms with Crippen LogP contribution in [0.2, 0.25) is 0 Å². The van der Waals surface area contributed by atoms with E-state index >= 15 is 0 Å². The van der Waals surface area contributed by atoms with Gasteiger partial charge in [-0.1, -0.05) is 30.2 Å². The average Bonchev–Trinajstić information content (AvgIpc) is 3.20. The van der Waals surface area contributed by atoms with Crippen LogP contribution in [0.1, 0.15) is 35.6 Å². The molecule has 6 heteroatoms. The van der Waals surface area contributed by atoms with Gasteiger partial charge in [-0.25, -0.2) is 9.97 Å². The highest BCUT2D eigenvalue weighted by Gasteiger charge is 2.21. The first-order valence-electron chi connectivity index (χ1n) is 9.70. The first-order chi connectivity index (χ1) is 14.9. The topological polar surface area (TPSA) is 94.5 Å². The van der Waals surface area contributed by atoms with Gasteiger partial charge in [-0.2, -0.15) is 5.26 Å². The molecule has 4 rings (SSSR count). The molecule has 0 atom stereocenters. The zero-order valence-corrected chi connectivity index (χ0v) is 17.1. The third-order valence-electron chi connectivity index (χ3n) is 4.57. The van der Waals surface area contributed by atoms with E-state index in [-0.39, 0.29) is 5.69 Å². The van der Waals surface area contributed by atoms with Gasteiger partial charge in [-0.3, -0.25) is 4.79 Å². The molecule has 0 saturated carbocycles. The molecule has 3 aromatic heterocycles. The lowest BCUT2D eigenvalue weighted by molar-refractivity contribution is 0.0924. The number of aromatic nitrogens is 3. The molecule has 1 amide bonds. The molecule has 0 spiro atoms. The van der Waals surface area contributed by atoms with Gasteiger partial charge in [0.2, 0.25) is 0 Å². The fourth-order valence-corrected chi connectivity index (χ4v) is 2.98. The molecule has 0 aliphatic rings. The number of hydrogen-bond donors (Lipinski definition) is 2. The summed E-state index contributed by atoms with van der Waals surface area (Å²) in [4.78, 5) is 24.6. The van der Waals surface area contributed by atoms with E-state index in [0.717, 1.165) is 27.9 Å². The van der Waals surface area contributed by atoms with Crippen LogP contribution in [0.4, 0.5) is 0 Å². The SMILES string of the molecule is CC(C)(C#N)NC(=O)c1cccc(-c2cnc3[nH]c(C#Cc4ccccc4)cc3c2)n1. The standard InChI is InChI=1S/C25H19N5O/c1-25(2,16-26)30-24(31)22-10-6-9-21(29-22)19-13-18-14-20(28-23(18)27-15-19)12-11-17-7-4-3-5-8-17/h3-10,13-15H,1-2H3,(H,27,28)(H,30,31). The first kappa shape index (κ1) is 19.9. The number of pyridine rings is 2. The first-order valence-corrected chi connectivity index (χ1v) is 9.70. The lowest BCUT2D eigenvalue weighted by atomic mass is 10.1. The Kier molecular flexibility index (Phi) is 5.22. The molecule has 2 N–H and O–H groups in total. The summed E-state index contributed by atoms with van der Waals surface area (Å²) in [7, 11) is 0. The molecule has 0 unspecified atom stereocenters. The predicted octanol–water partition coefficient (Wildman–Crippen LogP) is 4.06. The highest BCUT2D eigenvalue weighted by atomic mass is 16.2. The Morgan fingerprint density at radius 3 is 2.65 bits per heavy atom. The molecule has 150 valence electrons. The number of carbonyl (C=O) groups excluding carboxylic acids is 1. The number of nitriles is 1. The van der Waals surface area contributed by atoms with Gasteiger partial charge in [0.15, 0.2) is 0 Å². The van der Waals surface area contributed by atoms with Gasteiger partial charge in [-0.15, -0.1) is 0 Å². The van der Waals surface area contributed by atoms with Crippen molar-refractivity contribution in [2.75, 3.05) is 0 Å². The van der Waals surface area contributed by atoms with Crippen molar-refractivity contribution < 1.29 is 4.79 Å². The quantitative estimate of drug-likeness (QED) is 0.503. The van der Waals surface area contributed by atoms with E-state index in [9.17, 15) is 4.79 Å². The van der Waals surface area contributed by atoms with Crippen LogP contribution < -0.4 is 5.32 Å². The van der Waals surface area contributed by atoms with Gasteiger partial charge in [-0.05, 0) is 56.2 Å². The maximum atomic E-state index is 12.4. The monoisotopic (exact) mass is 405 g/mol. The van der Waals surface area contributed by atoms with E-state index in [4.69, 9.17) is 5.26 Å². The number of carbonyl (C=O) groups is 1. The number of nitrogens with zero attached hydrogens (tertiary/aromatic N) is 3. The normalized spacial score (nSPS) is 10.7. The van der Waals surface area contributed by atoms with E-state index in [0.29, 0.717) is 5.69 Å². The lowest BCUT2D eigenvalue weighted by Gasteiger charge is -2.17. The Balaban J connectivity index is 1.61. The smallest absolute Gasteiger partial charge is 0.271 e. The summed E-state index contributed by atoms with van der Waals surface area (Å²) in [6, 6.07) is 20.9. The molecule has 6 nitrogen and oxygen atoms in total. The number of benzene rings is 1. The van der Waals surface area contributed by atoms with Gasteiger partial charge in [0.25, 0.3) is 5.91 Å². The van der Waals surface area contributed by atoms with Crippen LogP contribution in [0.15, 0.2) is 66.9 Å². The number of rotatable bonds is 3.